The number of hydrogen-bond donors (Lipinski definition) is 2. The lowest BCUT2D eigenvalue weighted by Crippen LogP contribution is -2.15. The molecule has 1 aromatic heterocycles. The highest BCUT2D eigenvalue weighted by Crippen LogP contribution is 2.30. The molecule has 10 heteroatoms. The van der Waals surface area contributed by atoms with Gasteiger partial charge in [0, 0.05) is 17.4 Å². The molecule has 2 N–H and O–H groups in total. The zero-order valence-electron chi connectivity index (χ0n) is 13.9. The van der Waals surface area contributed by atoms with Crippen LogP contribution < -0.4 is 10.6 Å². The number of nitrogens with zero attached hydrogens (tertiary/aromatic N) is 2. The molecule has 0 aliphatic rings. The van der Waals surface area contributed by atoms with Crippen LogP contribution in [0.15, 0.2) is 54.9 Å². The van der Waals surface area contributed by atoms with E-state index in [2.05, 4.69) is 20.6 Å². The highest BCUT2D eigenvalue weighted by Gasteiger charge is 2.30. The quantitative estimate of drug-likeness (QED) is 0.626. The smallest absolute Gasteiger partial charge is 0.339 e. The fourth-order valence-electron chi connectivity index (χ4n) is 2.20. The first-order chi connectivity index (χ1) is 13.2. The second-order valence-electron chi connectivity index (χ2n) is 5.57. The first-order valence-electron chi connectivity index (χ1n) is 7.75. The molecule has 0 saturated carbocycles. The molecule has 0 aliphatic heterocycles. The van der Waals surface area contributed by atoms with Gasteiger partial charge < -0.3 is 10.6 Å². The second kappa shape index (κ2) is 7.59. The van der Waals surface area contributed by atoms with Crippen LogP contribution in [0.2, 0.25) is 0 Å². The van der Waals surface area contributed by atoms with Gasteiger partial charge in [0.25, 0.3) is 5.91 Å². The maximum atomic E-state index is 13.2. The fraction of sp³-hybridized carbons (Fsp3) is 0.0556. The Morgan fingerprint density at radius 1 is 0.893 bits per heavy atom. The van der Waals surface area contributed by atoms with Crippen LogP contribution in [0.4, 0.5) is 39.1 Å². The monoisotopic (exact) mass is 394 g/mol. The van der Waals surface area contributed by atoms with E-state index in [4.69, 9.17) is 0 Å². The third kappa shape index (κ3) is 4.58. The molecule has 144 valence electrons. The molecular formula is C18H11F5N4O. The predicted molar refractivity (Wildman–Crippen MR) is 91.1 cm³/mol. The lowest BCUT2D eigenvalue weighted by Gasteiger charge is -2.10. The van der Waals surface area contributed by atoms with Gasteiger partial charge in [0.05, 0.1) is 18.0 Å². The van der Waals surface area contributed by atoms with Gasteiger partial charge in [-0.3, -0.25) is 4.79 Å². The van der Waals surface area contributed by atoms with Crippen molar-refractivity contribution in [1.82, 2.24) is 9.97 Å². The van der Waals surface area contributed by atoms with Crippen molar-refractivity contribution in [3.05, 3.63) is 77.8 Å². The number of aromatic nitrogens is 2. The van der Waals surface area contributed by atoms with Crippen LogP contribution in [0.5, 0.6) is 0 Å². The average molecular weight is 394 g/mol. The van der Waals surface area contributed by atoms with Gasteiger partial charge >= 0.3 is 6.18 Å². The Hall–Kier alpha value is -3.56. The van der Waals surface area contributed by atoms with Crippen LogP contribution in [0.3, 0.4) is 0 Å². The number of halogens is 5. The molecule has 0 unspecified atom stereocenters. The molecule has 0 bridgehead atoms. The molecule has 0 radical (unpaired) electrons. The van der Waals surface area contributed by atoms with Crippen molar-refractivity contribution in [2.75, 3.05) is 10.6 Å². The Balaban J connectivity index is 1.69. The molecule has 0 saturated heterocycles. The molecule has 1 heterocycles. The van der Waals surface area contributed by atoms with Crippen LogP contribution in [-0.2, 0) is 6.18 Å². The van der Waals surface area contributed by atoms with E-state index in [0.717, 1.165) is 30.5 Å². The topological polar surface area (TPSA) is 66.9 Å². The summed E-state index contributed by atoms with van der Waals surface area (Å²) in [4.78, 5) is 19.9. The molecule has 3 rings (SSSR count). The molecule has 28 heavy (non-hydrogen) atoms. The van der Waals surface area contributed by atoms with E-state index in [-0.39, 0.29) is 22.9 Å². The maximum Gasteiger partial charge on any atom is 0.416 e. The predicted octanol–water partition coefficient (Wildman–Crippen LogP) is 4.77. The summed E-state index contributed by atoms with van der Waals surface area (Å²) in [5.74, 6) is -2.65. The molecular weight excluding hydrogens is 383 g/mol. The van der Waals surface area contributed by atoms with Crippen LogP contribution in [0, 0.1) is 11.6 Å². The van der Waals surface area contributed by atoms with Crippen LogP contribution in [0.1, 0.15) is 16.1 Å². The zero-order chi connectivity index (χ0) is 20.3. The summed E-state index contributed by atoms with van der Waals surface area (Å²) in [6, 6.07) is 7.29. The lowest BCUT2D eigenvalue weighted by atomic mass is 10.2. The summed E-state index contributed by atoms with van der Waals surface area (Å²) in [5, 5.41) is 4.98. The van der Waals surface area contributed by atoms with Gasteiger partial charge in [-0.2, -0.15) is 13.2 Å². The largest absolute Gasteiger partial charge is 0.416 e. The summed E-state index contributed by atoms with van der Waals surface area (Å²) in [7, 11) is 0. The molecule has 0 fully saturated rings. The van der Waals surface area contributed by atoms with Crippen LogP contribution >= 0.6 is 0 Å². The van der Waals surface area contributed by atoms with Crippen LogP contribution in [0.25, 0.3) is 0 Å². The lowest BCUT2D eigenvalue weighted by molar-refractivity contribution is -0.137. The van der Waals surface area contributed by atoms with Gasteiger partial charge in [0.2, 0.25) is 0 Å². The third-order valence-corrected chi connectivity index (χ3v) is 3.52. The van der Waals surface area contributed by atoms with Crippen LogP contribution in [-0.4, -0.2) is 15.9 Å². The Morgan fingerprint density at radius 3 is 2.32 bits per heavy atom. The summed E-state index contributed by atoms with van der Waals surface area (Å²) in [6.07, 6.45) is -2.28. The molecule has 0 spiro atoms. The van der Waals surface area contributed by atoms with Gasteiger partial charge in [-0.15, -0.1) is 0 Å². The number of nitrogens with one attached hydrogen (secondary N) is 2. The van der Waals surface area contributed by atoms with E-state index in [1.807, 2.05) is 0 Å². The Kier molecular flexibility index (Phi) is 5.21. The zero-order valence-corrected chi connectivity index (χ0v) is 13.9. The Labute approximate surface area is 155 Å². The van der Waals surface area contributed by atoms with E-state index >= 15 is 0 Å². The maximum absolute atomic E-state index is 13.2. The third-order valence-electron chi connectivity index (χ3n) is 3.52. The molecule has 0 aliphatic carbocycles. The summed E-state index contributed by atoms with van der Waals surface area (Å²) < 4.78 is 64.2. The minimum atomic E-state index is -4.53. The Bertz CT molecular complexity index is 1010. The Morgan fingerprint density at radius 2 is 1.68 bits per heavy atom. The number of alkyl halides is 3. The summed E-state index contributed by atoms with van der Waals surface area (Å²) in [5.41, 5.74) is -0.879. The first-order valence-corrected chi connectivity index (χ1v) is 7.75. The molecule has 5 nitrogen and oxygen atoms in total. The number of amides is 1. The van der Waals surface area contributed by atoms with Crippen molar-refractivity contribution in [1.29, 1.82) is 0 Å². The van der Waals surface area contributed by atoms with E-state index in [0.29, 0.717) is 0 Å². The number of anilines is 3. The van der Waals surface area contributed by atoms with Crippen molar-refractivity contribution in [2.24, 2.45) is 0 Å². The number of rotatable bonds is 4. The van der Waals surface area contributed by atoms with Gasteiger partial charge in [0.1, 0.15) is 11.5 Å². The van der Waals surface area contributed by atoms with Crippen molar-refractivity contribution >= 4 is 23.1 Å². The number of carbonyl (C=O) groups is 1. The van der Waals surface area contributed by atoms with E-state index in [1.54, 1.807) is 0 Å². The van der Waals surface area contributed by atoms with Gasteiger partial charge in [0.15, 0.2) is 11.6 Å². The van der Waals surface area contributed by atoms with E-state index in [1.165, 1.54) is 24.4 Å². The normalized spacial score (nSPS) is 11.2. The SMILES string of the molecule is O=C(Nc1cccc(C(F)(F)F)c1)c1cnc(Nc2ccc(F)c(F)c2)cn1. The van der Waals surface area contributed by atoms with Crippen molar-refractivity contribution in [3.8, 4) is 0 Å². The summed E-state index contributed by atoms with van der Waals surface area (Å²) in [6.45, 7) is 0. The van der Waals surface area contributed by atoms with Gasteiger partial charge in [-0.05, 0) is 30.3 Å². The second-order valence-corrected chi connectivity index (χ2v) is 5.57. The van der Waals surface area contributed by atoms with E-state index in [9.17, 15) is 26.7 Å². The van der Waals surface area contributed by atoms with Gasteiger partial charge in [-0.1, -0.05) is 6.07 Å². The minimum absolute atomic E-state index is 0.0504. The minimum Gasteiger partial charge on any atom is -0.339 e. The molecule has 3 aromatic rings. The number of benzene rings is 2. The highest BCUT2D eigenvalue weighted by molar-refractivity contribution is 6.02. The highest BCUT2D eigenvalue weighted by atomic mass is 19.4. The van der Waals surface area contributed by atoms with E-state index < -0.39 is 29.3 Å². The van der Waals surface area contributed by atoms with Crippen molar-refractivity contribution < 1.29 is 26.7 Å². The number of carbonyl (C=O) groups excluding carboxylic acids is 1. The standard InChI is InChI=1S/C18H11F5N4O/c19-13-5-4-12(7-14(13)20)26-16-9-24-15(8-25-16)17(28)27-11-3-1-2-10(6-11)18(21,22)23/h1-9H,(H,25,26)(H,27,28). The van der Waals surface area contributed by atoms with Gasteiger partial charge in [-0.25, -0.2) is 18.7 Å². The van der Waals surface area contributed by atoms with Crippen molar-refractivity contribution in [2.45, 2.75) is 6.18 Å². The van der Waals surface area contributed by atoms with Crippen molar-refractivity contribution in [3.63, 3.8) is 0 Å². The molecule has 0 atom stereocenters. The number of hydrogen-bond acceptors (Lipinski definition) is 4. The fourth-order valence-corrected chi connectivity index (χ4v) is 2.20. The molecule has 2 aromatic carbocycles. The molecule has 1 amide bonds. The average Bonchev–Trinajstić information content (AvgIpc) is 2.65. The first kappa shape index (κ1) is 19.2. The summed E-state index contributed by atoms with van der Waals surface area (Å²) >= 11 is 0.